The van der Waals surface area contributed by atoms with Crippen molar-refractivity contribution in [2.45, 2.75) is 20.8 Å². The zero-order valence-corrected chi connectivity index (χ0v) is 16.8. The summed E-state index contributed by atoms with van der Waals surface area (Å²) in [7, 11) is 3.18. The summed E-state index contributed by atoms with van der Waals surface area (Å²) in [6.45, 7) is 8.31. The number of benzene rings is 2. The number of ether oxygens (including phenoxy) is 2. The van der Waals surface area contributed by atoms with Crippen LogP contribution >= 0.6 is 0 Å². The lowest BCUT2D eigenvalue weighted by atomic mass is 10.1. The lowest BCUT2D eigenvalue weighted by molar-refractivity contribution is -0.114. The van der Waals surface area contributed by atoms with Gasteiger partial charge in [0.15, 0.2) is 0 Å². The van der Waals surface area contributed by atoms with Crippen molar-refractivity contribution in [2.75, 3.05) is 49.4 Å². The molecule has 0 aliphatic rings. The van der Waals surface area contributed by atoms with Gasteiger partial charge in [-0.05, 0) is 56.7 Å². The fourth-order valence-corrected chi connectivity index (χ4v) is 2.89. The smallest absolute Gasteiger partial charge is 0.243 e. The van der Waals surface area contributed by atoms with E-state index in [2.05, 4.69) is 35.4 Å². The van der Waals surface area contributed by atoms with E-state index < -0.39 is 0 Å². The van der Waals surface area contributed by atoms with Crippen LogP contribution in [0.5, 0.6) is 11.5 Å². The highest BCUT2D eigenvalue weighted by molar-refractivity contribution is 5.94. The van der Waals surface area contributed by atoms with E-state index in [9.17, 15) is 4.79 Å². The van der Waals surface area contributed by atoms with E-state index in [1.54, 1.807) is 20.3 Å². The standard InChI is InChI=1S/C21H29N3O3/c1-6-24(7-2)16-8-10-18(15(3)12-16)23-21(25)14-22-19-11-9-17(26-4)13-20(19)27-5/h8-13,22H,6-7,14H2,1-5H3,(H,23,25). The topological polar surface area (TPSA) is 62.8 Å². The van der Waals surface area contributed by atoms with Crippen LogP contribution in [0, 0.1) is 6.92 Å². The van der Waals surface area contributed by atoms with Gasteiger partial charge in [-0.2, -0.15) is 0 Å². The molecular formula is C21H29N3O3. The first-order valence-corrected chi connectivity index (χ1v) is 9.13. The minimum absolute atomic E-state index is 0.119. The number of carbonyl (C=O) groups excluding carboxylic acids is 1. The summed E-state index contributed by atoms with van der Waals surface area (Å²) in [5.41, 5.74) is 3.76. The van der Waals surface area contributed by atoms with Crippen LogP contribution in [0.25, 0.3) is 0 Å². The SMILES string of the molecule is CCN(CC)c1ccc(NC(=O)CNc2ccc(OC)cc2OC)c(C)c1. The minimum atomic E-state index is -0.119. The van der Waals surface area contributed by atoms with E-state index in [-0.39, 0.29) is 12.5 Å². The summed E-state index contributed by atoms with van der Waals surface area (Å²) in [5, 5.41) is 6.06. The second-order valence-electron chi connectivity index (χ2n) is 6.14. The number of nitrogens with one attached hydrogen (secondary N) is 2. The first kappa shape index (κ1) is 20.4. The quantitative estimate of drug-likeness (QED) is 0.700. The van der Waals surface area contributed by atoms with Crippen LogP contribution in [0.2, 0.25) is 0 Å². The summed E-state index contributed by atoms with van der Waals surface area (Å²) in [4.78, 5) is 14.6. The van der Waals surface area contributed by atoms with Gasteiger partial charge in [0.05, 0.1) is 26.5 Å². The van der Waals surface area contributed by atoms with E-state index >= 15 is 0 Å². The van der Waals surface area contributed by atoms with Gasteiger partial charge in [-0.25, -0.2) is 0 Å². The molecule has 0 spiro atoms. The van der Waals surface area contributed by atoms with Crippen molar-refractivity contribution in [3.8, 4) is 11.5 Å². The van der Waals surface area contributed by atoms with Gasteiger partial charge >= 0.3 is 0 Å². The average molecular weight is 371 g/mol. The molecular weight excluding hydrogens is 342 g/mol. The maximum absolute atomic E-state index is 12.3. The molecule has 0 bridgehead atoms. The first-order valence-electron chi connectivity index (χ1n) is 9.13. The molecule has 6 heteroatoms. The molecule has 1 amide bonds. The third-order valence-corrected chi connectivity index (χ3v) is 4.46. The van der Waals surface area contributed by atoms with Crippen molar-refractivity contribution in [3.63, 3.8) is 0 Å². The molecule has 0 radical (unpaired) electrons. The Morgan fingerprint density at radius 3 is 2.30 bits per heavy atom. The molecule has 0 atom stereocenters. The number of methoxy groups -OCH3 is 2. The third-order valence-electron chi connectivity index (χ3n) is 4.46. The van der Waals surface area contributed by atoms with Crippen LogP contribution in [-0.2, 0) is 4.79 Å². The highest BCUT2D eigenvalue weighted by atomic mass is 16.5. The Morgan fingerprint density at radius 2 is 1.70 bits per heavy atom. The second kappa shape index (κ2) is 9.71. The summed E-state index contributed by atoms with van der Waals surface area (Å²) >= 11 is 0. The average Bonchev–Trinajstić information content (AvgIpc) is 2.69. The molecule has 0 unspecified atom stereocenters. The van der Waals surface area contributed by atoms with Crippen molar-refractivity contribution >= 4 is 23.0 Å². The van der Waals surface area contributed by atoms with Gasteiger partial charge in [-0.3, -0.25) is 4.79 Å². The number of hydrogen-bond acceptors (Lipinski definition) is 5. The van der Waals surface area contributed by atoms with Crippen LogP contribution in [0.1, 0.15) is 19.4 Å². The van der Waals surface area contributed by atoms with Gasteiger partial charge in [0.1, 0.15) is 11.5 Å². The molecule has 0 heterocycles. The predicted octanol–water partition coefficient (Wildman–Crippen LogP) is 3.91. The maximum Gasteiger partial charge on any atom is 0.243 e. The predicted molar refractivity (Wildman–Crippen MR) is 111 cm³/mol. The zero-order chi connectivity index (χ0) is 19.8. The zero-order valence-electron chi connectivity index (χ0n) is 16.8. The highest BCUT2D eigenvalue weighted by Gasteiger charge is 2.10. The lowest BCUT2D eigenvalue weighted by Crippen LogP contribution is -2.23. The lowest BCUT2D eigenvalue weighted by Gasteiger charge is -2.22. The molecule has 0 aliphatic carbocycles. The molecule has 0 saturated heterocycles. The van der Waals surface area contributed by atoms with Crippen molar-refractivity contribution in [2.24, 2.45) is 0 Å². The fraction of sp³-hybridized carbons (Fsp3) is 0.381. The van der Waals surface area contributed by atoms with Gasteiger partial charge in [-0.15, -0.1) is 0 Å². The molecule has 2 rings (SSSR count). The van der Waals surface area contributed by atoms with Gasteiger partial charge in [0.2, 0.25) is 5.91 Å². The Kier molecular flexibility index (Phi) is 7.34. The Labute approximate surface area is 161 Å². The van der Waals surface area contributed by atoms with E-state index in [0.29, 0.717) is 11.5 Å². The van der Waals surface area contributed by atoms with Crippen molar-refractivity contribution in [3.05, 3.63) is 42.0 Å². The van der Waals surface area contributed by atoms with Gasteiger partial charge < -0.3 is 25.0 Å². The molecule has 2 aromatic carbocycles. The largest absolute Gasteiger partial charge is 0.497 e. The molecule has 0 aliphatic heterocycles. The van der Waals surface area contributed by atoms with Crippen LogP contribution in [0.3, 0.4) is 0 Å². The number of aryl methyl sites for hydroxylation is 1. The molecule has 6 nitrogen and oxygen atoms in total. The third kappa shape index (κ3) is 5.29. The van der Waals surface area contributed by atoms with Crippen LogP contribution < -0.4 is 25.0 Å². The molecule has 0 aromatic heterocycles. The van der Waals surface area contributed by atoms with Gasteiger partial charge in [0.25, 0.3) is 0 Å². The van der Waals surface area contributed by atoms with Crippen LogP contribution in [0.15, 0.2) is 36.4 Å². The van der Waals surface area contributed by atoms with Crippen LogP contribution in [-0.4, -0.2) is 39.8 Å². The van der Waals surface area contributed by atoms with E-state index in [4.69, 9.17) is 9.47 Å². The number of anilines is 3. The summed E-state index contributed by atoms with van der Waals surface area (Å²) < 4.78 is 10.5. The molecule has 0 saturated carbocycles. The van der Waals surface area contributed by atoms with Crippen LogP contribution in [0.4, 0.5) is 17.1 Å². The number of hydrogen-bond donors (Lipinski definition) is 2. The molecule has 2 aromatic rings. The number of nitrogens with zero attached hydrogens (tertiary/aromatic N) is 1. The highest BCUT2D eigenvalue weighted by Crippen LogP contribution is 2.29. The number of carbonyl (C=O) groups is 1. The number of amides is 1. The second-order valence-corrected chi connectivity index (χ2v) is 6.14. The van der Waals surface area contributed by atoms with Gasteiger partial charge in [0, 0.05) is 30.5 Å². The Morgan fingerprint density at radius 1 is 1.00 bits per heavy atom. The summed E-state index contributed by atoms with van der Waals surface area (Å²) in [6, 6.07) is 11.5. The Balaban J connectivity index is 2.00. The Bertz CT molecular complexity index is 773. The van der Waals surface area contributed by atoms with Crippen molar-refractivity contribution < 1.29 is 14.3 Å². The molecule has 0 fully saturated rings. The monoisotopic (exact) mass is 371 g/mol. The number of rotatable bonds is 9. The van der Waals surface area contributed by atoms with E-state index in [1.165, 1.54) is 0 Å². The summed E-state index contributed by atoms with van der Waals surface area (Å²) in [5.74, 6) is 1.21. The first-order chi connectivity index (χ1) is 13.0. The van der Waals surface area contributed by atoms with E-state index in [0.717, 1.165) is 35.7 Å². The van der Waals surface area contributed by atoms with Gasteiger partial charge in [-0.1, -0.05) is 0 Å². The maximum atomic E-state index is 12.3. The minimum Gasteiger partial charge on any atom is -0.497 e. The Hall–Kier alpha value is -2.89. The molecule has 2 N–H and O–H groups in total. The van der Waals surface area contributed by atoms with Crippen molar-refractivity contribution in [1.82, 2.24) is 0 Å². The molecule has 27 heavy (non-hydrogen) atoms. The normalized spacial score (nSPS) is 10.3. The van der Waals surface area contributed by atoms with Crippen molar-refractivity contribution in [1.29, 1.82) is 0 Å². The molecule has 146 valence electrons. The summed E-state index contributed by atoms with van der Waals surface area (Å²) in [6.07, 6.45) is 0. The van der Waals surface area contributed by atoms with E-state index in [1.807, 2.05) is 31.2 Å². The fourth-order valence-electron chi connectivity index (χ4n) is 2.89.